The first kappa shape index (κ1) is 11.6. The van der Waals surface area contributed by atoms with E-state index in [1.807, 2.05) is 30.6 Å². The summed E-state index contributed by atoms with van der Waals surface area (Å²) in [7, 11) is 0. The van der Waals surface area contributed by atoms with Gasteiger partial charge in [0.25, 0.3) is 0 Å². The average molecular weight is 246 g/mol. The van der Waals surface area contributed by atoms with Crippen LogP contribution in [0.2, 0.25) is 0 Å². The fraction of sp³-hybridized carbons (Fsp3) is 0.0769. The number of nitrogens with zero attached hydrogens (tertiary/aromatic N) is 1. The lowest BCUT2D eigenvalue weighted by Gasteiger charge is -2.09. The second-order valence-electron chi connectivity index (χ2n) is 3.19. The smallest absolute Gasteiger partial charge is 0.0918 e. The number of aromatic nitrogens is 1. The minimum Gasteiger partial charge on any atom is -0.265 e. The van der Waals surface area contributed by atoms with Crippen LogP contribution in [0.1, 0.15) is 6.92 Å². The molecule has 3 heteroatoms. The van der Waals surface area contributed by atoms with Gasteiger partial charge >= 0.3 is 0 Å². The molecule has 0 saturated heterocycles. The lowest BCUT2D eigenvalue weighted by molar-refractivity contribution is 1.26. The molecule has 2 rings (SSSR count). The van der Waals surface area contributed by atoms with E-state index in [9.17, 15) is 0 Å². The van der Waals surface area contributed by atoms with E-state index in [4.69, 9.17) is 0 Å². The lowest BCUT2D eigenvalue weighted by atomic mass is 10.4. The van der Waals surface area contributed by atoms with Gasteiger partial charge in [0, 0.05) is 22.2 Å². The molecule has 1 nitrogen and oxygen atoms in total. The quantitative estimate of drug-likeness (QED) is 0.738. The minimum absolute atomic E-state index is 1.23. The largest absolute Gasteiger partial charge is 0.265 e. The maximum atomic E-state index is 4.01. The van der Waals surface area contributed by atoms with Crippen molar-refractivity contribution in [3.8, 4) is 0 Å². The zero-order valence-electron chi connectivity index (χ0n) is 8.96. The Morgan fingerprint density at radius 2 is 1.44 bits per heavy atom. The summed E-state index contributed by atoms with van der Waals surface area (Å²) in [6.45, 7) is 2.14. The van der Waals surface area contributed by atoms with Gasteiger partial charge in [0.1, 0.15) is 0 Å². The summed E-state index contributed by atoms with van der Waals surface area (Å²) in [6, 6.07) is 14.5. The molecule has 0 bridgehead atoms. The molecule has 0 amide bonds. The van der Waals surface area contributed by atoms with Gasteiger partial charge < -0.3 is 0 Å². The summed E-state index contributed by atoms with van der Waals surface area (Å²) in [4.78, 5) is 6.52. The van der Waals surface area contributed by atoms with Crippen molar-refractivity contribution in [2.24, 2.45) is 0 Å². The van der Waals surface area contributed by atoms with Crippen molar-refractivity contribution < 1.29 is 0 Å². The fourth-order valence-corrected chi connectivity index (χ4v) is 3.21. The maximum Gasteiger partial charge on any atom is 0.0918 e. The van der Waals surface area contributed by atoms with Crippen LogP contribution in [0.3, 0.4) is 0 Å². The van der Waals surface area contributed by atoms with E-state index in [1.165, 1.54) is 14.4 Å². The molecule has 2 aromatic rings. The van der Waals surface area contributed by atoms with Crippen molar-refractivity contribution in [2.45, 2.75) is 16.7 Å². The first-order chi connectivity index (χ1) is 7.84. The van der Waals surface area contributed by atoms with E-state index >= 15 is 0 Å². The Morgan fingerprint density at radius 3 is 2.06 bits per heavy atom. The van der Waals surface area contributed by atoms with E-state index in [0.29, 0.717) is 0 Å². The zero-order chi connectivity index (χ0) is 11.2. The Labute approximate surface area is 105 Å². The number of rotatable bonds is 4. The number of thioether (sulfide) groups is 2. The predicted molar refractivity (Wildman–Crippen MR) is 71.3 cm³/mol. The Bertz CT molecular complexity index is 375. The molecular weight excluding hydrogens is 234 g/mol. The fourth-order valence-electron chi connectivity index (χ4n) is 1.25. The highest BCUT2D eigenvalue weighted by molar-refractivity contribution is 8.20. The number of benzene rings is 1. The monoisotopic (exact) mass is 246 g/mol. The zero-order valence-corrected chi connectivity index (χ0v) is 10.6. The van der Waals surface area contributed by atoms with Crippen LogP contribution in [0.15, 0.2) is 64.6 Å². The highest BCUT2D eigenvalue weighted by Crippen LogP contribution is 2.40. The minimum atomic E-state index is 1.23. The summed E-state index contributed by atoms with van der Waals surface area (Å²) < 4.78 is 1.32. The summed E-state index contributed by atoms with van der Waals surface area (Å²) in [6.07, 6.45) is 3.64. The summed E-state index contributed by atoms with van der Waals surface area (Å²) in [5.74, 6) is 0. The normalized spacial score (nSPS) is 10.6. The summed E-state index contributed by atoms with van der Waals surface area (Å²) >= 11 is 3.58. The standard InChI is InChI=1S/C13H12NS2/c1-11(15-12-5-3-2-4-6-12)16-13-7-9-14-10-8-13/h2-10H,1H3. The number of hydrogen-bond donors (Lipinski definition) is 0. The molecule has 81 valence electrons. The third-order valence-corrected chi connectivity index (χ3v) is 4.01. The lowest BCUT2D eigenvalue weighted by Crippen LogP contribution is -1.80. The molecule has 16 heavy (non-hydrogen) atoms. The second kappa shape index (κ2) is 5.97. The molecule has 0 N–H and O–H groups in total. The molecule has 0 fully saturated rings. The molecule has 0 aliphatic carbocycles. The molecule has 1 aromatic heterocycles. The Balaban J connectivity index is 1.92. The Hall–Kier alpha value is -0.930. The molecule has 0 unspecified atom stereocenters. The van der Waals surface area contributed by atoms with Crippen LogP contribution in [-0.2, 0) is 0 Å². The first-order valence-corrected chi connectivity index (χ1v) is 6.62. The first-order valence-electron chi connectivity index (χ1n) is 4.99. The topological polar surface area (TPSA) is 12.9 Å². The van der Waals surface area contributed by atoms with E-state index in [-0.39, 0.29) is 0 Å². The molecule has 0 atom stereocenters. The van der Waals surface area contributed by atoms with Crippen LogP contribution in [0.5, 0.6) is 0 Å². The molecule has 0 aliphatic heterocycles. The van der Waals surface area contributed by atoms with E-state index in [0.717, 1.165) is 0 Å². The molecule has 1 heterocycles. The predicted octanol–water partition coefficient (Wildman–Crippen LogP) is 4.48. The summed E-state index contributed by atoms with van der Waals surface area (Å²) in [5, 5.41) is 0. The third-order valence-electron chi connectivity index (χ3n) is 1.92. The van der Waals surface area contributed by atoms with Gasteiger partial charge in [0.05, 0.1) is 4.58 Å². The highest BCUT2D eigenvalue weighted by Gasteiger charge is 2.06. The Kier molecular flexibility index (Phi) is 4.31. The van der Waals surface area contributed by atoms with Gasteiger partial charge in [-0.1, -0.05) is 18.2 Å². The van der Waals surface area contributed by atoms with Crippen LogP contribution in [-0.4, -0.2) is 4.98 Å². The van der Waals surface area contributed by atoms with Crippen molar-refractivity contribution in [2.75, 3.05) is 0 Å². The van der Waals surface area contributed by atoms with Crippen LogP contribution in [0.4, 0.5) is 0 Å². The SMILES string of the molecule is C[C](Sc1ccccc1)Sc1ccncc1. The second-order valence-corrected chi connectivity index (χ2v) is 6.03. The third kappa shape index (κ3) is 3.58. The molecule has 0 aliphatic rings. The van der Waals surface area contributed by atoms with Gasteiger partial charge in [-0.3, -0.25) is 4.98 Å². The van der Waals surface area contributed by atoms with Gasteiger partial charge in [0.2, 0.25) is 0 Å². The van der Waals surface area contributed by atoms with Crippen molar-refractivity contribution >= 4 is 23.5 Å². The van der Waals surface area contributed by atoms with Gasteiger partial charge in [-0.25, -0.2) is 0 Å². The van der Waals surface area contributed by atoms with Gasteiger partial charge in [-0.05, 0) is 31.2 Å². The summed E-state index contributed by atoms with van der Waals surface area (Å²) in [5.41, 5.74) is 0. The van der Waals surface area contributed by atoms with Gasteiger partial charge in [0.15, 0.2) is 0 Å². The van der Waals surface area contributed by atoms with E-state index in [2.05, 4.69) is 36.2 Å². The molecule has 0 spiro atoms. The van der Waals surface area contributed by atoms with Crippen LogP contribution in [0.25, 0.3) is 0 Å². The van der Waals surface area contributed by atoms with E-state index < -0.39 is 0 Å². The number of pyridine rings is 1. The van der Waals surface area contributed by atoms with Crippen LogP contribution < -0.4 is 0 Å². The molecule has 0 saturated carbocycles. The number of hydrogen-bond acceptors (Lipinski definition) is 3. The molecule has 1 radical (unpaired) electrons. The van der Waals surface area contributed by atoms with Crippen molar-refractivity contribution in [1.82, 2.24) is 4.98 Å². The maximum absolute atomic E-state index is 4.01. The molecule has 1 aromatic carbocycles. The van der Waals surface area contributed by atoms with Crippen molar-refractivity contribution in [3.05, 3.63) is 59.4 Å². The van der Waals surface area contributed by atoms with E-state index in [1.54, 1.807) is 23.5 Å². The Morgan fingerprint density at radius 1 is 0.875 bits per heavy atom. The van der Waals surface area contributed by atoms with Crippen molar-refractivity contribution in [3.63, 3.8) is 0 Å². The van der Waals surface area contributed by atoms with Gasteiger partial charge in [-0.15, -0.1) is 23.5 Å². The van der Waals surface area contributed by atoms with Crippen LogP contribution in [0, 0.1) is 4.58 Å². The molecular formula is C13H12NS2. The van der Waals surface area contributed by atoms with Gasteiger partial charge in [-0.2, -0.15) is 0 Å². The van der Waals surface area contributed by atoms with Crippen molar-refractivity contribution in [1.29, 1.82) is 0 Å². The average Bonchev–Trinajstić information content (AvgIpc) is 2.31. The highest BCUT2D eigenvalue weighted by atomic mass is 32.2. The van der Waals surface area contributed by atoms with Crippen LogP contribution >= 0.6 is 23.5 Å².